The summed E-state index contributed by atoms with van der Waals surface area (Å²) in [6, 6.07) is 6.69. The average Bonchev–Trinajstić information content (AvgIpc) is 3.35. The van der Waals surface area contributed by atoms with Crippen LogP contribution < -0.4 is 20.4 Å². The number of halogens is 1. The number of nitrogens with one attached hydrogen (secondary N) is 2. The number of nitrogens with zero attached hydrogens (tertiary/aromatic N) is 6. The monoisotopic (exact) mass is 556 g/mol. The molecule has 0 bridgehead atoms. The number of thiophene rings is 1. The molecule has 2 N–H and O–H groups in total. The van der Waals surface area contributed by atoms with Crippen LogP contribution in [0.15, 0.2) is 41.0 Å². The fraction of sp³-hybridized carbons (Fsp3) is 0.571. The van der Waals surface area contributed by atoms with Crippen molar-refractivity contribution in [3.8, 4) is 0 Å². The maximum absolute atomic E-state index is 4.43. The topological polar surface area (TPSA) is 71.9 Å². The van der Waals surface area contributed by atoms with Crippen molar-refractivity contribution in [1.29, 1.82) is 0 Å². The SMILES string of the molecule is CN=C(NCCN1CCN(c2ncccn2)CC1)NC1CCN(c2cccs2)CC1.I. The van der Waals surface area contributed by atoms with Gasteiger partial charge in [0.05, 0.1) is 5.00 Å². The number of rotatable bonds is 6. The van der Waals surface area contributed by atoms with E-state index in [1.165, 1.54) is 5.00 Å². The lowest BCUT2D eigenvalue weighted by Crippen LogP contribution is -2.51. The molecule has 0 saturated carbocycles. The van der Waals surface area contributed by atoms with Gasteiger partial charge < -0.3 is 20.4 Å². The van der Waals surface area contributed by atoms with E-state index in [2.05, 4.69) is 57.8 Å². The summed E-state index contributed by atoms with van der Waals surface area (Å²) in [6.07, 6.45) is 5.90. The Morgan fingerprint density at radius 1 is 1.06 bits per heavy atom. The molecular weight excluding hydrogens is 523 g/mol. The molecular formula is C21H33IN8S. The van der Waals surface area contributed by atoms with Crippen LogP contribution in [0.5, 0.6) is 0 Å². The molecule has 2 aliphatic heterocycles. The molecule has 10 heteroatoms. The molecule has 4 rings (SSSR count). The third-order valence-electron chi connectivity index (χ3n) is 5.80. The molecule has 2 saturated heterocycles. The lowest BCUT2D eigenvalue weighted by molar-refractivity contribution is 0.260. The minimum absolute atomic E-state index is 0. The van der Waals surface area contributed by atoms with Gasteiger partial charge in [-0.25, -0.2) is 9.97 Å². The molecule has 170 valence electrons. The maximum Gasteiger partial charge on any atom is 0.225 e. The largest absolute Gasteiger partial charge is 0.363 e. The summed E-state index contributed by atoms with van der Waals surface area (Å²) in [5.74, 6) is 1.76. The van der Waals surface area contributed by atoms with Crippen LogP contribution in [-0.4, -0.2) is 86.3 Å². The second-order valence-electron chi connectivity index (χ2n) is 7.73. The Balaban J connectivity index is 0.00000272. The van der Waals surface area contributed by atoms with Gasteiger partial charge in [-0.1, -0.05) is 0 Å². The van der Waals surface area contributed by atoms with Crippen molar-refractivity contribution in [3.05, 3.63) is 36.0 Å². The number of aromatic nitrogens is 2. The van der Waals surface area contributed by atoms with E-state index in [1.54, 1.807) is 0 Å². The second kappa shape index (κ2) is 12.4. The third-order valence-corrected chi connectivity index (χ3v) is 6.73. The van der Waals surface area contributed by atoms with Crippen molar-refractivity contribution in [2.24, 2.45) is 4.99 Å². The Kier molecular flexibility index (Phi) is 9.59. The number of hydrogen-bond donors (Lipinski definition) is 2. The summed E-state index contributed by atoms with van der Waals surface area (Å²) in [5.41, 5.74) is 0. The van der Waals surface area contributed by atoms with Crippen molar-refractivity contribution in [2.75, 3.05) is 69.2 Å². The van der Waals surface area contributed by atoms with Crippen LogP contribution in [0.3, 0.4) is 0 Å². The number of anilines is 2. The predicted molar refractivity (Wildman–Crippen MR) is 140 cm³/mol. The smallest absolute Gasteiger partial charge is 0.225 e. The molecule has 8 nitrogen and oxygen atoms in total. The Labute approximate surface area is 206 Å². The highest BCUT2D eigenvalue weighted by Crippen LogP contribution is 2.24. The highest BCUT2D eigenvalue weighted by molar-refractivity contribution is 14.0. The fourth-order valence-corrected chi connectivity index (χ4v) is 4.83. The van der Waals surface area contributed by atoms with Crippen molar-refractivity contribution in [2.45, 2.75) is 18.9 Å². The van der Waals surface area contributed by atoms with Gasteiger partial charge in [0.15, 0.2) is 5.96 Å². The molecule has 2 aromatic rings. The van der Waals surface area contributed by atoms with E-state index in [0.717, 1.165) is 77.1 Å². The quantitative estimate of drug-likeness (QED) is 0.321. The zero-order valence-corrected chi connectivity index (χ0v) is 21.3. The van der Waals surface area contributed by atoms with E-state index in [4.69, 9.17) is 0 Å². The highest BCUT2D eigenvalue weighted by Gasteiger charge is 2.21. The first-order valence-corrected chi connectivity index (χ1v) is 11.7. The Morgan fingerprint density at radius 2 is 1.81 bits per heavy atom. The van der Waals surface area contributed by atoms with Crippen LogP contribution >= 0.6 is 35.3 Å². The van der Waals surface area contributed by atoms with Crippen LogP contribution in [0.25, 0.3) is 0 Å². The fourth-order valence-electron chi connectivity index (χ4n) is 4.04. The zero-order valence-electron chi connectivity index (χ0n) is 18.1. The van der Waals surface area contributed by atoms with E-state index in [1.807, 2.05) is 36.8 Å². The molecule has 0 aliphatic carbocycles. The second-order valence-corrected chi connectivity index (χ2v) is 8.66. The number of piperazine rings is 1. The van der Waals surface area contributed by atoms with Crippen molar-refractivity contribution >= 4 is 52.2 Å². The van der Waals surface area contributed by atoms with Crippen molar-refractivity contribution in [1.82, 2.24) is 25.5 Å². The van der Waals surface area contributed by atoms with E-state index in [9.17, 15) is 0 Å². The molecule has 2 aromatic heterocycles. The molecule has 0 aromatic carbocycles. The first-order chi connectivity index (χ1) is 14.8. The molecule has 4 heterocycles. The molecule has 2 aliphatic rings. The van der Waals surface area contributed by atoms with Gasteiger partial charge in [-0.2, -0.15) is 0 Å². The highest BCUT2D eigenvalue weighted by atomic mass is 127. The first kappa shape index (κ1) is 24.0. The lowest BCUT2D eigenvalue weighted by Gasteiger charge is -2.35. The van der Waals surface area contributed by atoms with Gasteiger partial charge in [-0.3, -0.25) is 9.89 Å². The summed E-state index contributed by atoms with van der Waals surface area (Å²) in [6.45, 7) is 8.13. The van der Waals surface area contributed by atoms with Crippen LogP contribution in [0.4, 0.5) is 10.9 Å². The molecule has 0 radical (unpaired) electrons. The maximum atomic E-state index is 4.43. The van der Waals surface area contributed by atoms with E-state index in [-0.39, 0.29) is 24.0 Å². The molecule has 0 unspecified atom stereocenters. The number of guanidine groups is 1. The third kappa shape index (κ3) is 6.91. The summed E-state index contributed by atoms with van der Waals surface area (Å²) >= 11 is 1.83. The van der Waals surface area contributed by atoms with Crippen LogP contribution in [-0.2, 0) is 0 Å². The Morgan fingerprint density at radius 3 is 2.45 bits per heavy atom. The summed E-state index contributed by atoms with van der Waals surface area (Å²) in [5, 5.41) is 10.6. The zero-order chi connectivity index (χ0) is 20.6. The van der Waals surface area contributed by atoms with Crippen LogP contribution in [0.2, 0.25) is 0 Å². The normalized spacial score (nSPS) is 18.5. The summed E-state index contributed by atoms with van der Waals surface area (Å²) in [7, 11) is 1.86. The van der Waals surface area contributed by atoms with Crippen molar-refractivity contribution in [3.63, 3.8) is 0 Å². The van der Waals surface area contributed by atoms with Gasteiger partial charge in [0, 0.05) is 77.8 Å². The van der Waals surface area contributed by atoms with Gasteiger partial charge in [0.25, 0.3) is 0 Å². The molecule has 0 atom stereocenters. The molecule has 2 fully saturated rings. The van der Waals surface area contributed by atoms with Gasteiger partial charge in [0.2, 0.25) is 5.95 Å². The number of piperidine rings is 1. The van der Waals surface area contributed by atoms with E-state index < -0.39 is 0 Å². The lowest BCUT2D eigenvalue weighted by atomic mass is 10.1. The van der Waals surface area contributed by atoms with Crippen molar-refractivity contribution < 1.29 is 0 Å². The Hall–Kier alpha value is -1.66. The molecule has 0 spiro atoms. The minimum Gasteiger partial charge on any atom is -0.363 e. The van der Waals surface area contributed by atoms with Gasteiger partial charge in [-0.05, 0) is 36.4 Å². The summed E-state index contributed by atoms with van der Waals surface area (Å²) < 4.78 is 0. The average molecular weight is 557 g/mol. The predicted octanol–water partition coefficient (Wildman–Crippen LogP) is 2.11. The number of hydrogen-bond acceptors (Lipinski definition) is 7. The van der Waals surface area contributed by atoms with Crippen LogP contribution in [0.1, 0.15) is 12.8 Å². The standard InChI is InChI=1S/C21H32N8S.HI/c1-22-20(26-18-5-10-28(11-6-18)19-4-2-17-30-19)23-9-12-27-13-15-29(16-14-27)21-24-7-3-8-25-21;/h2-4,7-8,17-18H,5-6,9-16H2,1H3,(H2,22,23,26);1H. The summed E-state index contributed by atoms with van der Waals surface area (Å²) in [4.78, 5) is 20.4. The van der Waals surface area contributed by atoms with Gasteiger partial charge in [-0.15, -0.1) is 35.3 Å². The van der Waals surface area contributed by atoms with Gasteiger partial charge in [0.1, 0.15) is 0 Å². The first-order valence-electron chi connectivity index (χ1n) is 10.8. The van der Waals surface area contributed by atoms with Crippen LogP contribution in [0, 0.1) is 0 Å². The number of aliphatic imine (C=N–C) groups is 1. The van der Waals surface area contributed by atoms with E-state index in [0.29, 0.717) is 6.04 Å². The minimum atomic E-state index is 0. The van der Waals surface area contributed by atoms with Gasteiger partial charge >= 0.3 is 0 Å². The van der Waals surface area contributed by atoms with E-state index >= 15 is 0 Å². The Bertz CT molecular complexity index is 772. The molecule has 0 amide bonds. The molecule has 31 heavy (non-hydrogen) atoms.